The van der Waals surface area contributed by atoms with Crippen molar-refractivity contribution in [2.24, 2.45) is 0 Å². The van der Waals surface area contributed by atoms with Gasteiger partial charge in [-0.05, 0) is 0 Å². The molecular weight excluding hydrogens is 455 g/mol. The molecule has 4 aromatic rings. The summed E-state index contributed by atoms with van der Waals surface area (Å²) in [6.07, 6.45) is 0. The summed E-state index contributed by atoms with van der Waals surface area (Å²) in [5.74, 6) is -0.170. The van der Waals surface area contributed by atoms with Gasteiger partial charge in [0.15, 0.2) is 0 Å². The first-order chi connectivity index (χ1) is 14.5. The Bertz CT molecular complexity index is 1230. The molecule has 1 aromatic heterocycles. The molecular formula is C24H20AsN2O2S. The van der Waals surface area contributed by atoms with Gasteiger partial charge in [0, 0.05) is 0 Å². The molecule has 0 saturated carbocycles. The molecule has 0 spiro atoms. The van der Waals surface area contributed by atoms with Crippen LogP contribution in [0.25, 0.3) is 10.1 Å². The summed E-state index contributed by atoms with van der Waals surface area (Å²) in [5.41, 5.74) is 10.1. The van der Waals surface area contributed by atoms with Crippen LogP contribution in [0.1, 0.15) is 31.2 Å². The quantitative estimate of drug-likeness (QED) is 0.302. The summed E-state index contributed by atoms with van der Waals surface area (Å²) >= 11 is 0.978. The van der Waals surface area contributed by atoms with Crippen molar-refractivity contribution in [2.45, 2.75) is 12.1 Å². The Morgan fingerprint density at radius 2 is 1.77 bits per heavy atom. The molecule has 0 unspecified atom stereocenters. The standard InChI is InChI=1S/C24H20AsN2O2S/c1-15-6-9-17(10-7-15)23(28)25-14-16-8-11-18-13-22(30-21(18)12-16)24(29)27-20-5-3-2-4-19(20)26/h2-13H,14,26H2,1H3,(H,27,29). The zero-order valence-corrected chi connectivity index (χ0v) is 19.1. The molecule has 0 aliphatic rings. The molecule has 1 heterocycles. The normalized spacial score (nSPS) is 11.2. The van der Waals surface area contributed by atoms with E-state index in [-0.39, 0.29) is 10.5 Å². The van der Waals surface area contributed by atoms with E-state index in [0.717, 1.165) is 32.0 Å². The van der Waals surface area contributed by atoms with E-state index in [0.29, 0.717) is 16.3 Å². The number of anilines is 2. The molecule has 149 valence electrons. The molecule has 30 heavy (non-hydrogen) atoms. The monoisotopic (exact) mass is 475 g/mol. The van der Waals surface area contributed by atoms with Crippen LogP contribution in [0.15, 0.2) is 72.8 Å². The molecule has 0 saturated heterocycles. The van der Waals surface area contributed by atoms with Crippen molar-refractivity contribution in [3.05, 3.63) is 94.4 Å². The van der Waals surface area contributed by atoms with Crippen molar-refractivity contribution in [1.29, 1.82) is 0 Å². The van der Waals surface area contributed by atoms with E-state index in [9.17, 15) is 9.59 Å². The second-order valence-corrected chi connectivity index (χ2v) is 10.3. The molecule has 4 nitrogen and oxygen atoms in total. The van der Waals surface area contributed by atoms with Crippen LogP contribution in [0, 0.1) is 6.92 Å². The molecule has 3 N–H and O–H groups in total. The second kappa shape index (κ2) is 8.86. The predicted octanol–water partition coefficient (Wildman–Crippen LogP) is 5.09. The molecule has 1 amide bonds. The first-order valence-corrected chi connectivity index (χ1v) is 12.5. The van der Waals surface area contributed by atoms with Crippen molar-refractivity contribution in [2.75, 3.05) is 11.1 Å². The summed E-state index contributed by atoms with van der Waals surface area (Å²) in [6, 6.07) is 23.0. The number of aryl methyl sites for hydroxylation is 1. The number of nitrogens with two attached hydrogens (primary N) is 1. The Morgan fingerprint density at radius 3 is 2.53 bits per heavy atom. The summed E-state index contributed by atoms with van der Waals surface area (Å²) < 4.78 is 1.28. The van der Waals surface area contributed by atoms with Crippen molar-refractivity contribution < 1.29 is 9.59 Å². The number of amides is 1. The topological polar surface area (TPSA) is 72.2 Å². The predicted molar refractivity (Wildman–Crippen MR) is 126 cm³/mol. The molecule has 6 heteroatoms. The van der Waals surface area contributed by atoms with Crippen molar-refractivity contribution in [3.8, 4) is 0 Å². The number of benzene rings is 3. The van der Waals surface area contributed by atoms with Crippen LogP contribution in [-0.2, 0) is 5.21 Å². The van der Waals surface area contributed by atoms with E-state index in [1.807, 2.05) is 61.5 Å². The van der Waals surface area contributed by atoms with Crippen molar-refractivity contribution >= 4 is 59.0 Å². The zero-order chi connectivity index (χ0) is 21.1. The summed E-state index contributed by atoms with van der Waals surface area (Å²) in [7, 11) is 0. The number of carbonyl (C=O) groups excluding carboxylic acids is 2. The van der Waals surface area contributed by atoms with Gasteiger partial charge in [0.05, 0.1) is 0 Å². The van der Waals surface area contributed by atoms with Crippen molar-refractivity contribution in [1.82, 2.24) is 0 Å². The maximum absolute atomic E-state index is 12.6. The minimum absolute atomic E-state index is 0.170. The number of hydrogen-bond donors (Lipinski definition) is 2. The van der Waals surface area contributed by atoms with E-state index >= 15 is 0 Å². The number of fused-ring (bicyclic) bond motifs is 1. The first-order valence-electron chi connectivity index (χ1n) is 9.46. The van der Waals surface area contributed by atoms with Crippen LogP contribution < -0.4 is 11.1 Å². The van der Waals surface area contributed by atoms with Crippen LogP contribution in [-0.4, -0.2) is 26.2 Å². The fourth-order valence-electron chi connectivity index (χ4n) is 3.03. The molecule has 0 fully saturated rings. The number of hydrogen-bond acceptors (Lipinski definition) is 4. The summed E-state index contributed by atoms with van der Waals surface area (Å²) in [4.78, 5) is 25.7. The van der Waals surface area contributed by atoms with Gasteiger partial charge in [-0.3, -0.25) is 0 Å². The molecule has 1 radical (unpaired) electrons. The fourth-order valence-corrected chi connectivity index (χ4v) is 5.85. The van der Waals surface area contributed by atoms with E-state index < -0.39 is 15.8 Å². The first kappa shape index (κ1) is 20.4. The number of carbonyl (C=O) groups is 2. The molecule has 0 atom stereocenters. The van der Waals surface area contributed by atoms with Gasteiger partial charge in [-0.1, -0.05) is 0 Å². The molecule has 3 aromatic carbocycles. The third-order valence-corrected chi connectivity index (χ3v) is 8.06. The molecule has 0 bridgehead atoms. The minimum atomic E-state index is -0.472. The van der Waals surface area contributed by atoms with Crippen LogP contribution in [0.3, 0.4) is 0 Å². The Labute approximate surface area is 185 Å². The van der Waals surface area contributed by atoms with Gasteiger partial charge in [-0.15, -0.1) is 0 Å². The Kier molecular flexibility index (Phi) is 6.03. The van der Waals surface area contributed by atoms with Gasteiger partial charge in [-0.25, -0.2) is 0 Å². The van der Waals surface area contributed by atoms with Gasteiger partial charge in [-0.2, -0.15) is 0 Å². The number of rotatable bonds is 6. The van der Waals surface area contributed by atoms with Gasteiger partial charge < -0.3 is 0 Å². The van der Waals surface area contributed by atoms with E-state index in [1.54, 1.807) is 12.1 Å². The Hall–Kier alpha value is -2.88. The Balaban J connectivity index is 1.45. The fraction of sp³-hybridized carbons (Fsp3) is 0.0833. The second-order valence-electron chi connectivity index (χ2n) is 7.01. The SMILES string of the molecule is Cc1ccc(C(=O)[As]Cc2ccc3cc(C(=O)Nc4ccccc4N)sc3c2)cc1. The van der Waals surface area contributed by atoms with Gasteiger partial charge >= 0.3 is 186 Å². The number of thiophene rings is 1. The average Bonchev–Trinajstić information content (AvgIpc) is 3.18. The number of nitrogens with one attached hydrogen (secondary N) is 1. The zero-order valence-electron chi connectivity index (χ0n) is 16.4. The van der Waals surface area contributed by atoms with E-state index in [2.05, 4.69) is 11.4 Å². The summed E-state index contributed by atoms with van der Waals surface area (Å²) in [5, 5.41) is 4.66. The van der Waals surface area contributed by atoms with Crippen LogP contribution >= 0.6 is 11.3 Å². The van der Waals surface area contributed by atoms with Gasteiger partial charge in [0.1, 0.15) is 0 Å². The summed E-state index contributed by atoms with van der Waals surface area (Å²) in [6.45, 7) is 2.02. The van der Waals surface area contributed by atoms with Gasteiger partial charge in [0.25, 0.3) is 0 Å². The third kappa shape index (κ3) is 4.64. The molecule has 4 rings (SSSR count). The van der Waals surface area contributed by atoms with Crippen LogP contribution in [0.2, 0.25) is 0 Å². The van der Waals surface area contributed by atoms with Crippen molar-refractivity contribution in [3.63, 3.8) is 0 Å². The third-order valence-electron chi connectivity index (χ3n) is 4.72. The van der Waals surface area contributed by atoms with Crippen LogP contribution in [0.5, 0.6) is 0 Å². The maximum atomic E-state index is 12.6. The van der Waals surface area contributed by atoms with Crippen LogP contribution in [0.4, 0.5) is 11.4 Å². The number of para-hydroxylation sites is 2. The number of nitrogen functional groups attached to an aromatic ring is 1. The Morgan fingerprint density at radius 1 is 1.00 bits per heavy atom. The molecule has 0 aliphatic heterocycles. The van der Waals surface area contributed by atoms with Gasteiger partial charge in [0.2, 0.25) is 0 Å². The molecule has 0 aliphatic carbocycles. The van der Waals surface area contributed by atoms with E-state index in [1.165, 1.54) is 11.3 Å². The van der Waals surface area contributed by atoms with E-state index in [4.69, 9.17) is 5.73 Å². The average molecular weight is 475 g/mol.